The van der Waals surface area contributed by atoms with Crippen LogP contribution in [0.4, 0.5) is 5.69 Å². The van der Waals surface area contributed by atoms with Crippen molar-refractivity contribution >= 4 is 17.5 Å². The highest BCUT2D eigenvalue weighted by Crippen LogP contribution is 2.47. The van der Waals surface area contributed by atoms with E-state index in [4.69, 9.17) is 23.7 Å². The summed E-state index contributed by atoms with van der Waals surface area (Å²) < 4.78 is 27.1. The second kappa shape index (κ2) is 10.7. The van der Waals surface area contributed by atoms with Gasteiger partial charge in [0.2, 0.25) is 5.91 Å². The molecular formula is C28H30N2O7. The molecule has 1 N–H and O–H groups in total. The number of nitrogens with one attached hydrogen (secondary N) is 1. The molecule has 2 atom stereocenters. The second-order valence-electron chi connectivity index (χ2n) is 8.47. The largest absolute Gasteiger partial charge is 0.497 e. The number of carbonyl (C=O) groups excluding carboxylic acids is 2. The number of ether oxygens (including phenoxy) is 5. The van der Waals surface area contributed by atoms with E-state index in [1.165, 1.54) is 21.3 Å². The molecule has 9 nitrogen and oxygen atoms in total. The van der Waals surface area contributed by atoms with Crippen molar-refractivity contribution < 1.29 is 33.3 Å². The van der Waals surface area contributed by atoms with Crippen molar-refractivity contribution in [1.29, 1.82) is 0 Å². The van der Waals surface area contributed by atoms with E-state index in [0.717, 1.165) is 0 Å². The molecule has 3 aromatic carbocycles. The molecular weight excluding hydrogens is 476 g/mol. The number of anilines is 1. The van der Waals surface area contributed by atoms with Gasteiger partial charge < -0.3 is 33.9 Å². The van der Waals surface area contributed by atoms with Gasteiger partial charge in [-0.25, -0.2) is 0 Å². The number of hydrogen-bond acceptors (Lipinski definition) is 7. The molecule has 0 radical (unpaired) electrons. The first kappa shape index (κ1) is 25.7. The molecule has 0 fully saturated rings. The summed E-state index contributed by atoms with van der Waals surface area (Å²) >= 11 is 0. The van der Waals surface area contributed by atoms with Crippen molar-refractivity contribution in [3.63, 3.8) is 0 Å². The van der Waals surface area contributed by atoms with E-state index in [1.54, 1.807) is 74.7 Å². The normalized spacial score (nSPS) is 16.5. The van der Waals surface area contributed by atoms with Crippen LogP contribution in [0.5, 0.6) is 28.7 Å². The average Bonchev–Trinajstić information content (AvgIpc) is 2.93. The Morgan fingerprint density at radius 1 is 0.784 bits per heavy atom. The van der Waals surface area contributed by atoms with Crippen LogP contribution in [0.3, 0.4) is 0 Å². The summed E-state index contributed by atoms with van der Waals surface area (Å²) in [6.07, 6.45) is 0. The fourth-order valence-corrected chi connectivity index (χ4v) is 4.71. The minimum Gasteiger partial charge on any atom is -0.497 e. The lowest BCUT2D eigenvalue weighted by Crippen LogP contribution is -2.44. The van der Waals surface area contributed by atoms with Crippen molar-refractivity contribution in [1.82, 2.24) is 4.90 Å². The van der Waals surface area contributed by atoms with Crippen LogP contribution in [0.1, 0.15) is 33.4 Å². The summed E-state index contributed by atoms with van der Waals surface area (Å²) in [5, 5.41) is 2.99. The molecule has 9 heteroatoms. The molecule has 0 aliphatic carbocycles. The predicted octanol–water partition coefficient (Wildman–Crippen LogP) is 4.28. The van der Waals surface area contributed by atoms with Gasteiger partial charge in [0.05, 0.1) is 47.5 Å². The minimum atomic E-state index is -0.790. The molecule has 0 saturated carbocycles. The Kier molecular flexibility index (Phi) is 7.42. The summed E-state index contributed by atoms with van der Waals surface area (Å²) in [5.41, 5.74) is 2.17. The molecule has 3 aromatic rings. The van der Waals surface area contributed by atoms with Crippen LogP contribution in [-0.4, -0.2) is 59.3 Å². The number of fused-ring (bicyclic) bond motifs is 1. The van der Waals surface area contributed by atoms with Gasteiger partial charge in [-0.2, -0.15) is 0 Å². The molecule has 0 spiro atoms. The summed E-state index contributed by atoms with van der Waals surface area (Å²) in [7, 11) is 9.34. The Bertz CT molecular complexity index is 1320. The maximum atomic E-state index is 14.0. The van der Waals surface area contributed by atoms with Crippen molar-refractivity contribution in [2.24, 2.45) is 0 Å². The third kappa shape index (κ3) is 4.72. The SMILES string of the molecule is COc1cccc(NC(=O)[C@H]2c3cc(OC)c(OC)cc3C(=O)N(C)[C@H]2c2ccc(OC)c(OC)c2)c1. The number of amides is 2. The fraction of sp³-hybridized carbons (Fsp3) is 0.286. The highest BCUT2D eigenvalue weighted by atomic mass is 16.5. The van der Waals surface area contributed by atoms with E-state index in [2.05, 4.69) is 5.32 Å². The van der Waals surface area contributed by atoms with Crippen LogP contribution < -0.4 is 29.0 Å². The van der Waals surface area contributed by atoms with E-state index in [-0.39, 0.29) is 11.8 Å². The highest BCUT2D eigenvalue weighted by Gasteiger charge is 2.44. The van der Waals surface area contributed by atoms with Gasteiger partial charge in [-0.05, 0) is 47.5 Å². The topological polar surface area (TPSA) is 95.6 Å². The van der Waals surface area contributed by atoms with Crippen LogP contribution in [-0.2, 0) is 4.79 Å². The fourth-order valence-electron chi connectivity index (χ4n) is 4.71. The molecule has 0 unspecified atom stereocenters. The van der Waals surface area contributed by atoms with Crippen LogP contribution >= 0.6 is 0 Å². The zero-order valence-corrected chi connectivity index (χ0v) is 21.7. The molecule has 1 aliphatic heterocycles. The monoisotopic (exact) mass is 506 g/mol. The maximum absolute atomic E-state index is 14.0. The third-order valence-corrected chi connectivity index (χ3v) is 6.54. The average molecular weight is 507 g/mol. The second-order valence-corrected chi connectivity index (χ2v) is 8.47. The lowest BCUT2D eigenvalue weighted by Gasteiger charge is -2.40. The Labute approximate surface area is 215 Å². The summed E-state index contributed by atoms with van der Waals surface area (Å²) in [4.78, 5) is 29.1. The van der Waals surface area contributed by atoms with Gasteiger partial charge in [0.1, 0.15) is 5.75 Å². The van der Waals surface area contributed by atoms with E-state index < -0.39 is 12.0 Å². The Hall–Kier alpha value is -4.40. The van der Waals surface area contributed by atoms with Gasteiger partial charge >= 0.3 is 0 Å². The van der Waals surface area contributed by atoms with E-state index in [0.29, 0.717) is 51.1 Å². The molecule has 0 bridgehead atoms. The standard InChI is InChI=1S/C28H30N2O7/c1-30-26(16-10-11-21(34-3)22(12-16)35-4)25(27(31)29-17-8-7-9-18(13-17)33-2)19-14-23(36-5)24(37-6)15-20(19)28(30)32/h7-15,25-26H,1-6H3,(H,29,31)/t25-,26-/m0/s1. The van der Waals surface area contributed by atoms with Crippen LogP contribution in [0, 0.1) is 0 Å². The molecule has 2 amide bonds. The molecule has 1 heterocycles. The summed E-state index contributed by atoms with van der Waals surface area (Å²) in [6, 6.07) is 15.1. The first-order valence-corrected chi connectivity index (χ1v) is 11.6. The van der Waals surface area contributed by atoms with E-state index in [1.807, 2.05) is 6.07 Å². The van der Waals surface area contributed by atoms with Gasteiger partial charge in [0.15, 0.2) is 23.0 Å². The quantitative estimate of drug-likeness (QED) is 0.487. The summed E-state index contributed by atoms with van der Waals surface area (Å²) in [6.45, 7) is 0. The number of hydrogen-bond donors (Lipinski definition) is 1. The van der Waals surface area contributed by atoms with Crippen LogP contribution in [0.2, 0.25) is 0 Å². The third-order valence-electron chi connectivity index (χ3n) is 6.54. The number of benzene rings is 3. The maximum Gasteiger partial charge on any atom is 0.254 e. The Morgan fingerprint density at radius 3 is 2.08 bits per heavy atom. The van der Waals surface area contributed by atoms with E-state index in [9.17, 15) is 9.59 Å². The molecule has 0 aromatic heterocycles. The number of rotatable bonds is 8. The van der Waals surface area contributed by atoms with Gasteiger partial charge in [-0.15, -0.1) is 0 Å². The van der Waals surface area contributed by atoms with Crippen molar-refractivity contribution in [3.8, 4) is 28.7 Å². The lowest BCUT2D eigenvalue weighted by molar-refractivity contribution is -0.119. The first-order valence-electron chi connectivity index (χ1n) is 11.6. The van der Waals surface area contributed by atoms with Crippen molar-refractivity contribution in [3.05, 3.63) is 71.3 Å². The first-order chi connectivity index (χ1) is 17.9. The predicted molar refractivity (Wildman–Crippen MR) is 138 cm³/mol. The zero-order chi connectivity index (χ0) is 26.7. The van der Waals surface area contributed by atoms with E-state index >= 15 is 0 Å². The summed E-state index contributed by atoms with van der Waals surface area (Å²) in [5.74, 6) is 1.12. The smallest absolute Gasteiger partial charge is 0.254 e. The van der Waals surface area contributed by atoms with Crippen LogP contribution in [0.15, 0.2) is 54.6 Å². The molecule has 37 heavy (non-hydrogen) atoms. The number of methoxy groups -OCH3 is 5. The van der Waals surface area contributed by atoms with Gasteiger partial charge in [0, 0.05) is 24.4 Å². The highest BCUT2D eigenvalue weighted by molar-refractivity contribution is 6.05. The van der Waals surface area contributed by atoms with Gasteiger partial charge in [-0.1, -0.05) is 12.1 Å². The minimum absolute atomic E-state index is 0.249. The molecule has 0 saturated heterocycles. The molecule has 194 valence electrons. The molecule has 1 aliphatic rings. The number of nitrogens with zero attached hydrogens (tertiary/aromatic N) is 1. The van der Waals surface area contributed by atoms with Crippen LogP contribution in [0.25, 0.3) is 0 Å². The number of carbonyl (C=O) groups is 2. The van der Waals surface area contributed by atoms with Crippen molar-refractivity contribution in [2.45, 2.75) is 12.0 Å². The van der Waals surface area contributed by atoms with Crippen molar-refractivity contribution in [2.75, 3.05) is 47.9 Å². The van der Waals surface area contributed by atoms with Gasteiger partial charge in [0.25, 0.3) is 5.91 Å². The Morgan fingerprint density at radius 2 is 1.43 bits per heavy atom. The van der Waals surface area contributed by atoms with Gasteiger partial charge in [-0.3, -0.25) is 9.59 Å². The lowest BCUT2D eigenvalue weighted by atomic mass is 9.79. The number of likely N-dealkylation sites (N-methyl/N-ethyl adjacent to an activating group) is 1. The Balaban J connectivity index is 1.89. The molecule has 4 rings (SSSR count). The zero-order valence-electron chi connectivity index (χ0n) is 21.7.